The molecule has 0 amide bonds. The van der Waals surface area contributed by atoms with E-state index in [2.05, 4.69) is 17.1 Å². The third-order valence-electron chi connectivity index (χ3n) is 3.65. The van der Waals surface area contributed by atoms with E-state index in [0.29, 0.717) is 5.89 Å². The zero-order chi connectivity index (χ0) is 11.9. The zero-order valence-electron chi connectivity index (χ0n) is 9.86. The monoisotopic (exact) mass is 226 g/mol. The van der Waals surface area contributed by atoms with Gasteiger partial charge in [0.25, 0.3) is 0 Å². The van der Waals surface area contributed by atoms with Crippen LogP contribution in [0.15, 0.2) is 22.6 Å². The van der Waals surface area contributed by atoms with Crippen LogP contribution in [0.4, 0.5) is 0 Å². The third kappa shape index (κ3) is 1.70. The molecule has 0 saturated heterocycles. The van der Waals surface area contributed by atoms with Crippen molar-refractivity contribution in [1.82, 2.24) is 4.98 Å². The Balaban J connectivity index is 1.93. The van der Waals surface area contributed by atoms with Crippen molar-refractivity contribution in [2.75, 3.05) is 0 Å². The standard InChI is InChI=1S/C14H14N2O/c1-10-16-12-4-3-11(7-13(12)17-10)8-14(9-15)5-2-6-14/h3-4,7H,2,5-6,8H2,1H3. The lowest BCUT2D eigenvalue weighted by atomic mass is 9.66. The fourth-order valence-electron chi connectivity index (χ4n) is 2.52. The van der Waals surface area contributed by atoms with Crippen molar-refractivity contribution in [3.63, 3.8) is 0 Å². The molecule has 2 aromatic rings. The molecule has 0 unspecified atom stereocenters. The summed E-state index contributed by atoms with van der Waals surface area (Å²) < 4.78 is 5.51. The van der Waals surface area contributed by atoms with Crippen LogP contribution in [0, 0.1) is 23.7 Å². The Bertz CT molecular complexity index is 602. The van der Waals surface area contributed by atoms with Crippen LogP contribution in [0.1, 0.15) is 30.7 Å². The van der Waals surface area contributed by atoms with E-state index >= 15 is 0 Å². The highest BCUT2D eigenvalue weighted by atomic mass is 16.3. The Kier molecular flexibility index (Phi) is 2.19. The SMILES string of the molecule is Cc1nc2ccc(CC3(C#N)CCC3)cc2o1. The molecule has 1 heterocycles. The van der Waals surface area contributed by atoms with Gasteiger partial charge in [0, 0.05) is 6.92 Å². The molecule has 0 atom stereocenters. The number of nitriles is 1. The van der Waals surface area contributed by atoms with Gasteiger partial charge in [-0.2, -0.15) is 5.26 Å². The van der Waals surface area contributed by atoms with Crippen molar-refractivity contribution in [3.8, 4) is 6.07 Å². The van der Waals surface area contributed by atoms with E-state index in [1.54, 1.807) is 0 Å². The Morgan fingerprint density at radius 2 is 2.29 bits per heavy atom. The van der Waals surface area contributed by atoms with Crippen LogP contribution < -0.4 is 0 Å². The zero-order valence-corrected chi connectivity index (χ0v) is 9.86. The van der Waals surface area contributed by atoms with Crippen molar-refractivity contribution < 1.29 is 4.42 Å². The van der Waals surface area contributed by atoms with Crippen LogP contribution in [-0.4, -0.2) is 4.98 Å². The van der Waals surface area contributed by atoms with Crippen molar-refractivity contribution in [2.45, 2.75) is 32.6 Å². The maximum atomic E-state index is 9.23. The maximum Gasteiger partial charge on any atom is 0.192 e. The molecule has 1 aromatic carbocycles. The average molecular weight is 226 g/mol. The molecule has 0 spiro atoms. The first-order valence-corrected chi connectivity index (χ1v) is 5.98. The van der Waals surface area contributed by atoms with Gasteiger partial charge in [0.1, 0.15) is 5.52 Å². The molecule has 1 saturated carbocycles. The Hall–Kier alpha value is -1.82. The number of oxazole rings is 1. The van der Waals surface area contributed by atoms with E-state index in [0.717, 1.165) is 30.4 Å². The molecule has 1 fully saturated rings. The van der Waals surface area contributed by atoms with Gasteiger partial charge in [0.05, 0.1) is 11.5 Å². The predicted molar refractivity (Wildman–Crippen MR) is 64.3 cm³/mol. The summed E-state index contributed by atoms with van der Waals surface area (Å²) >= 11 is 0. The van der Waals surface area contributed by atoms with Crippen LogP contribution in [0.5, 0.6) is 0 Å². The molecule has 3 rings (SSSR count). The summed E-state index contributed by atoms with van der Waals surface area (Å²) in [5.41, 5.74) is 2.77. The van der Waals surface area contributed by atoms with E-state index in [-0.39, 0.29) is 5.41 Å². The molecule has 1 aromatic heterocycles. The molecule has 0 bridgehead atoms. The van der Waals surface area contributed by atoms with Crippen LogP contribution >= 0.6 is 0 Å². The summed E-state index contributed by atoms with van der Waals surface area (Å²) in [7, 11) is 0. The highest BCUT2D eigenvalue weighted by Crippen LogP contribution is 2.43. The molecule has 17 heavy (non-hydrogen) atoms. The van der Waals surface area contributed by atoms with Gasteiger partial charge in [-0.25, -0.2) is 4.98 Å². The van der Waals surface area contributed by atoms with Crippen LogP contribution in [0.25, 0.3) is 11.1 Å². The average Bonchev–Trinajstić information content (AvgIpc) is 2.63. The van der Waals surface area contributed by atoms with E-state index < -0.39 is 0 Å². The van der Waals surface area contributed by atoms with Gasteiger partial charge >= 0.3 is 0 Å². The van der Waals surface area contributed by atoms with Gasteiger partial charge in [-0.1, -0.05) is 12.5 Å². The number of rotatable bonds is 2. The summed E-state index contributed by atoms with van der Waals surface area (Å²) in [6.07, 6.45) is 4.06. The van der Waals surface area contributed by atoms with Crippen molar-refractivity contribution in [3.05, 3.63) is 29.7 Å². The van der Waals surface area contributed by atoms with Gasteiger partial charge in [-0.15, -0.1) is 0 Å². The van der Waals surface area contributed by atoms with Crippen molar-refractivity contribution in [1.29, 1.82) is 5.26 Å². The second-order valence-corrected chi connectivity index (χ2v) is 4.96. The molecule has 86 valence electrons. The molecule has 0 aliphatic heterocycles. The maximum absolute atomic E-state index is 9.23. The highest BCUT2D eigenvalue weighted by molar-refractivity contribution is 5.73. The van der Waals surface area contributed by atoms with Gasteiger partial charge < -0.3 is 4.42 Å². The van der Waals surface area contributed by atoms with Crippen LogP contribution in [0.2, 0.25) is 0 Å². The van der Waals surface area contributed by atoms with E-state index in [4.69, 9.17) is 4.42 Å². The lowest BCUT2D eigenvalue weighted by Crippen LogP contribution is -2.29. The quantitative estimate of drug-likeness (QED) is 0.788. The Morgan fingerprint density at radius 1 is 1.47 bits per heavy atom. The first kappa shape index (κ1) is 10.3. The summed E-state index contributed by atoms with van der Waals surface area (Å²) in [6, 6.07) is 8.53. The minimum atomic E-state index is -0.122. The van der Waals surface area contributed by atoms with Gasteiger partial charge in [0.2, 0.25) is 0 Å². The number of hydrogen-bond acceptors (Lipinski definition) is 3. The van der Waals surface area contributed by atoms with Crippen molar-refractivity contribution in [2.24, 2.45) is 5.41 Å². The Labute approximate surface area is 100 Å². The van der Waals surface area contributed by atoms with Gasteiger partial charge in [-0.05, 0) is 37.0 Å². The minimum Gasteiger partial charge on any atom is -0.441 e. The minimum absolute atomic E-state index is 0.122. The second kappa shape index (κ2) is 3.59. The molecule has 0 radical (unpaired) electrons. The number of benzene rings is 1. The fraction of sp³-hybridized carbons (Fsp3) is 0.429. The fourth-order valence-corrected chi connectivity index (χ4v) is 2.52. The highest BCUT2D eigenvalue weighted by Gasteiger charge is 2.37. The molecular formula is C14H14N2O. The number of nitrogens with zero attached hydrogens (tertiary/aromatic N) is 2. The molecule has 3 heteroatoms. The first-order chi connectivity index (χ1) is 8.21. The molecule has 1 aliphatic rings. The number of hydrogen-bond donors (Lipinski definition) is 0. The molecule has 3 nitrogen and oxygen atoms in total. The number of fused-ring (bicyclic) bond motifs is 1. The third-order valence-corrected chi connectivity index (χ3v) is 3.65. The lowest BCUT2D eigenvalue weighted by molar-refractivity contribution is 0.214. The summed E-state index contributed by atoms with van der Waals surface area (Å²) in [5.74, 6) is 0.691. The second-order valence-electron chi connectivity index (χ2n) is 4.96. The van der Waals surface area contributed by atoms with E-state index in [9.17, 15) is 5.26 Å². The van der Waals surface area contributed by atoms with E-state index in [1.807, 2.05) is 19.1 Å². The molecule has 1 aliphatic carbocycles. The van der Waals surface area contributed by atoms with Crippen molar-refractivity contribution >= 4 is 11.1 Å². The summed E-state index contributed by atoms with van der Waals surface area (Å²) in [6.45, 7) is 1.85. The lowest BCUT2D eigenvalue weighted by Gasteiger charge is -2.35. The number of aryl methyl sites for hydroxylation is 1. The number of aromatic nitrogens is 1. The van der Waals surface area contributed by atoms with Crippen LogP contribution in [0.3, 0.4) is 0 Å². The topological polar surface area (TPSA) is 49.8 Å². The van der Waals surface area contributed by atoms with Crippen LogP contribution in [-0.2, 0) is 6.42 Å². The summed E-state index contributed by atoms with van der Waals surface area (Å²) in [5, 5.41) is 9.23. The molecule has 0 N–H and O–H groups in total. The largest absolute Gasteiger partial charge is 0.441 e. The van der Waals surface area contributed by atoms with E-state index in [1.165, 1.54) is 12.0 Å². The predicted octanol–water partition coefficient (Wildman–Crippen LogP) is 3.37. The summed E-state index contributed by atoms with van der Waals surface area (Å²) in [4.78, 5) is 4.27. The normalized spacial score (nSPS) is 17.6. The van der Waals surface area contributed by atoms with Gasteiger partial charge in [0.15, 0.2) is 11.5 Å². The Morgan fingerprint density at radius 3 is 2.94 bits per heavy atom. The molecular weight excluding hydrogens is 212 g/mol. The first-order valence-electron chi connectivity index (χ1n) is 5.98. The smallest absolute Gasteiger partial charge is 0.192 e. The van der Waals surface area contributed by atoms with Gasteiger partial charge in [-0.3, -0.25) is 0 Å².